The second kappa shape index (κ2) is 27.0. The van der Waals surface area contributed by atoms with E-state index in [1.807, 2.05) is 48.8 Å². The maximum Gasteiger partial charge on any atom is 0.333 e. The number of hydrogen-bond donors (Lipinski definition) is 6. The number of aromatic nitrogens is 5. The Morgan fingerprint density at radius 3 is 2.30 bits per heavy atom. The summed E-state index contributed by atoms with van der Waals surface area (Å²) >= 11 is 0. The van der Waals surface area contributed by atoms with E-state index >= 15 is 0 Å². The molecule has 76 heavy (non-hydrogen) atoms. The van der Waals surface area contributed by atoms with Crippen LogP contribution in [0.5, 0.6) is 5.75 Å². The molecule has 3 aromatic carbocycles. The molecule has 6 aromatic rings. The summed E-state index contributed by atoms with van der Waals surface area (Å²) in [5, 5.41) is 24.0. The van der Waals surface area contributed by atoms with Crippen molar-refractivity contribution in [1.29, 1.82) is 0 Å². The Labute approximate surface area is 438 Å². The van der Waals surface area contributed by atoms with E-state index in [0.717, 1.165) is 49.3 Å². The first kappa shape index (κ1) is 55.7. The average molecular weight is 1050 g/mol. The van der Waals surface area contributed by atoms with Gasteiger partial charge in [0.15, 0.2) is 0 Å². The fourth-order valence-electron chi connectivity index (χ4n) is 8.64. The quantitative estimate of drug-likeness (QED) is 0.0281. The largest absolute Gasteiger partial charge is 0.489 e. The van der Waals surface area contributed by atoms with Gasteiger partial charge in [0.2, 0.25) is 17.7 Å². The summed E-state index contributed by atoms with van der Waals surface area (Å²) in [4.78, 5) is 99.6. The van der Waals surface area contributed by atoms with Crippen molar-refractivity contribution in [2.24, 2.45) is 11.7 Å². The molecule has 0 aliphatic carbocycles. The minimum Gasteiger partial charge on any atom is -0.489 e. The Morgan fingerprint density at radius 1 is 0.829 bits per heavy atom. The first-order valence-corrected chi connectivity index (χ1v) is 25.3. The molecular formula is C53H65N11O12. The Balaban J connectivity index is 0.796. The number of hydrogen-bond acceptors (Lipinski definition) is 15. The van der Waals surface area contributed by atoms with Gasteiger partial charge >= 0.3 is 12.0 Å². The summed E-state index contributed by atoms with van der Waals surface area (Å²) < 4.78 is 24.5. The fraction of sp³-hybridized carbons (Fsp3) is 0.434. The van der Waals surface area contributed by atoms with Crippen LogP contribution in [0.1, 0.15) is 74.8 Å². The number of amides is 7. The SMILES string of the molecule is Cc1c2ccncc2c(C)c2c1[nH]c1ccc(OCc3ccc(NC(=O)C(CCCNC(N)=O)NC(=O)C(NC(=O)COCCOCCOCCn4cc(CCCC(=O)ON5C(=O)CCC5=O)nn4)C(C)C)cc3)cc12. The second-order valence-electron chi connectivity index (χ2n) is 18.7. The highest BCUT2D eigenvalue weighted by molar-refractivity contribution is 6.16. The Hall–Kier alpha value is -8.02. The smallest absolute Gasteiger partial charge is 0.333 e. The first-order valence-electron chi connectivity index (χ1n) is 25.3. The summed E-state index contributed by atoms with van der Waals surface area (Å²) in [6.07, 6.45) is 6.86. The van der Waals surface area contributed by atoms with E-state index in [9.17, 15) is 33.6 Å². The number of anilines is 1. The van der Waals surface area contributed by atoms with Crippen LogP contribution in [0, 0.1) is 19.8 Å². The van der Waals surface area contributed by atoms with Crippen LogP contribution in [0.25, 0.3) is 32.6 Å². The van der Waals surface area contributed by atoms with Crippen molar-refractivity contribution < 1.29 is 57.3 Å². The molecule has 2 unspecified atom stereocenters. The number of carbonyl (C=O) groups is 7. The van der Waals surface area contributed by atoms with Crippen molar-refractivity contribution in [2.75, 3.05) is 51.5 Å². The number of hydroxylamine groups is 2. The number of nitrogens with zero attached hydrogens (tertiary/aromatic N) is 5. The predicted octanol–water partition coefficient (Wildman–Crippen LogP) is 4.35. The van der Waals surface area contributed by atoms with E-state index in [1.165, 1.54) is 0 Å². The number of aryl methyl sites for hydroxylation is 3. The molecule has 2 atom stereocenters. The van der Waals surface area contributed by atoms with Crippen molar-refractivity contribution in [2.45, 2.75) is 97.9 Å². The van der Waals surface area contributed by atoms with Crippen molar-refractivity contribution in [3.63, 3.8) is 0 Å². The van der Waals surface area contributed by atoms with Gasteiger partial charge in [0.25, 0.3) is 11.8 Å². The zero-order valence-corrected chi connectivity index (χ0v) is 43.1. The summed E-state index contributed by atoms with van der Waals surface area (Å²) in [7, 11) is 0. The summed E-state index contributed by atoms with van der Waals surface area (Å²) in [5.41, 5.74) is 11.7. The highest BCUT2D eigenvalue weighted by atomic mass is 16.7. The monoisotopic (exact) mass is 1050 g/mol. The number of imide groups is 1. The number of carbonyl (C=O) groups excluding carboxylic acids is 7. The zero-order chi connectivity index (χ0) is 54.1. The number of ether oxygens (including phenoxy) is 4. The minimum absolute atomic E-state index is 0.00917. The third-order valence-electron chi connectivity index (χ3n) is 12.7. The van der Waals surface area contributed by atoms with Crippen LogP contribution in [0.15, 0.2) is 67.1 Å². The van der Waals surface area contributed by atoms with Crippen LogP contribution < -0.4 is 31.7 Å². The number of nitrogens with two attached hydrogens (primary N) is 1. The lowest BCUT2D eigenvalue weighted by molar-refractivity contribution is -0.197. The van der Waals surface area contributed by atoms with E-state index in [2.05, 4.69) is 55.4 Å². The predicted molar refractivity (Wildman–Crippen MR) is 278 cm³/mol. The topological polar surface area (TPSA) is 302 Å². The van der Waals surface area contributed by atoms with Gasteiger partial charge in [0, 0.05) is 71.8 Å². The van der Waals surface area contributed by atoms with E-state index < -0.39 is 53.6 Å². The minimum atomic E-state index is -1.02. The number of fused-ring (bicyclic) bond motifs is 4. The summed E-state index contributed by atoms with van der Waals surface area (Å²) in [6.45, 7) is 9.50. The normalized spacial score (nSPS) is 13.4. The first-order chi connectivity index (χ1) is 36.6. The molecular weight excluding hydrogens is 983 g/mol. The van der Waals surface area contributed by atoms with Gasteiger partial charge in [-0.2, -0.15) is 0 Å². The Morgan fingerprint density at radius 2 is 1.57 bits per heavy atom. The van der Waals surface area contributed by atoms with Crippen molar-refractivity contribution in [1.82, 2.24) is 46.0 Å². The Bertz CT molecular complexity index is 3010. The van der Waals surface area contributed by atoms with Gasteiger partial charge in [-0.1, -0.05) is 31.2 Å². The van der Waals surface area contributed by atoms with E-state index in [1.54, 1.807) is 36.9 Å². The highest BCUT2D eigenvalue weighted by Crippen LogP contribution is 2.37. The zero-order valence-electron chi connectivity index (χ0n) is 43.1. The van der Waals surface area contributed by atoms with Gasteiger partial charge in [0.05, 0.1) is 50.8 Å². The molecule has 7 amide bonds. The molecule has 0 saturated carbocycles. The molecule has 0 bridgehead atoms. The van der Waals surface area contributed by atoms with Gasteiger partial charge < -0.3 is 55.8 Å². The van der Waals surface area contributed by atoms with Gasteiger partial charge in [0.1, 0.15) is 31.0 Å². The number of nitrogens with one attached hydrogen (secondary N) is 5. The molecule has 3 aromatic heterocycles. The maximum absolute atomic E-state index is 13.7. The maximum atomic E-state index is 13.7. The van der Waals surface area contributed by atoms with E-state index in [0.29, 0.717) is 61.2 Å². The molecule has 7 N–H and O–H groups in total. The van der Waals surface area contributed by atoms with Crippen LogP contribution >= 0.6 is 0 Å². The molecule has 0 radical (unpaired) electrons. The lowest BCUT2D eigenvalue weighted by atomic mass is 9.97. The van der Waals surface area contributed by atoms with Gasteiger partial charge in [-0.3, -0.25) is 29.0 Å². The molecule has 404 valence electrons. The van der Waals surface area contributed by atoms with Crippen LogP contribution in [0.4, 0.5) is 10.5 Å². The third-order valence-corrected chi connectivity index (χ3v) is 12.7. The van der Waals surface area contributed by atoms with Gasteiger partial charge in [-0.05, 0) is 104 Å². The van der Waals surface area contributed by atoms with E-state index in [4.69, 9.17) is 29.5 Å². The molecule has 23 nitrogen and oxygen atoms in total. The molecule has 1 saturated heterocycles. The molecule has 1 aliphatic heterocycles. The number of rotatable bonds is 29. The number of urea groups is 1. The summed E-state index contributed by atoms with van der Waals surface area (Å²) in [5.74, 6) is -2.95. The van der Waals surface area contributed by atoms with Crippen LogP contribution in [0.3, 0.4) is 0 Å². The van der Waals surface area contributed by atoms with Crippen LogP contribution in [-0.2, 0) is 67.4 Å². The number of benzene rings is 3. The van der Waals surface area contributed by atoms with Crippen molar-refractivity contribution in [3.05, 3.63) is 89.5 Å². The Kier molecular flexibility index (Phi) is 19.8. The van der Waals surface area contributed by atoms with E-state index in [-0.39, 0.29) is 71.2 Å². The lowest BCUT2D eigenvalue weighted by Gasteiger charge is -2.25. The van der Waals surface area contributed by atoms with Crippen molar-refractivity contribution >= 4 is 79.8 Å². The number of primary amides is 1. The lowest BCUT2D eigenvalue weighted by Crippen LogP contribution is -2.55. The highest BCUT2D eigenvalue weighted by Gasteiger charge is 2.33. The molecule has 23 heteroatoms. The third kappa shape index (κ3) is 15.3. The number of H-pyrrole nitrogens is 1. The van der Waals surface area contributed by atoms with Gasteiger partial charge in [-0.25, -0.2) is 14.3 Å². The average Bonchev–Trinajstić information content (AvgIpc) is 4.14. The number of aromatic amines is 1. The molecule has 0 spiro atoms. The summed E-state index contributed by atoms with van der Waals surface area (Å²) in [6, 6.07) is 12.5. The molecule has 1 fully saturated rings. The molecule has 7 rings (SSSR count). The molecule has 1 aliphatic rings. The number of pyridine rings is 1. The second-order valence-corrected chi connectivity index (χ2v) is 18.7. The van der Waals surface area contributed by atoms with Crippen molar-refractivity contribution in [3.8, 4) is 5.75 Å². The fourth-order valence-corrected chi connectivity index (χ4v) is 8.64. The molecule has 4 heterocycles. The van der Waals surface area contributed by atoms with Gasteiger partial charge in [-0.15, -0.1) is 10.2 Å². The van der Waals surface area contributed by atoms with Crippen LogP contribution in [0.2, 0.25) is 0 Å². The van der Waals surface area contributed by atoms with Crippen LogP contribution in [-0.4, -0.2) is 130 Å². The standard InChI is InChI=1S/C53H65N11O12/c1-32(2)49(60-44(65)31-74-26-25-73-24-23-72-22-21-63-29-37(61-62-63)7-5-9-47(68)76-64-45(66)16-17-46(64)67)52(70)59-43(8-6-19-56-53(54)71)51(69)57-36-12-10-35(11-13-36)30-75-38-14-15-42-40(27-38)48-33(3)41-28-55-20-18-39(41)34(4)50(48)58-42/h10-15,18,20,27-29,32,43,49,58H,5-9,16-17,19,21-26,30-31H2,1-4H3,(H,57,69)(H,59,70)(H,60,65)(H3,54,56,71).